The van der Waals surface area contributed by atoms with E-state index in [0.29, 0.717) is 12.8 Å². The van der Waals surface area contributed by atoms with Crippen molar-refractivity contribution in [2.24, 2.45) is 0 Å². The van der Waals surface area contributed by atoms with Gasteiger partial charge in [-0.3, -0.25) is 18.7 Å². The average Bonchev–Trinajstić information content (AvgIpc) is 3.12. The molecule has 0 aliphatic carbocycles. The second-order valence-electron chi connectivity index (χ2n) is 13.6. The number of carbonyl (C=O) groups is 4. The Hall–Kier alpha value is 0.960. The summed E-state index contributed by atoms with van der Waals surface area (Å²) in [5, 5.41) is 15.3. The summed E-state index contributed by atoms with van der Waals surface area (Å²) in [6, 6.07) is 0. The molecule has 0 rings (SSSR count). The predicted molar refractivity (Wildman–Crippen MR) is 222 cm³/mol. The van der Waals surface area contributed by atoms with Crippen LogP contribution in [0.15, 0.2) is 0 Å². The molecule has 0 bridgehead atoms. The zero-order valence-electron chi connectivity index (χ0n) is 37.7. The summed E-state index contributed by atoms with van der Waals surface area (Å²) < 4.78 is 70.5. The van der Waals surface area contributed by atoms with Crippen LogP contribution in [0.25, 0.3) is 0 Å². The molecule has 19 heteroatoms. The Bertz CT molecular complexity index is 1150. The van der Waals surface area contributed by atoms with Crippen molar-refractivity contribution < 1.29 is 124 Å². The Kier molecular flexibility index (Phi) is 67.1. The third-order valence-electron chi connectivity index (χ3n) is 8.16. The van der Waals surface area contributed by atoms with Crippen molar-refractivity contribution in [3.8, 4) is 0 Å². The number of ether oxygens (including phenoxy) is 2. The van der Waals surface area contributed by atoms with E-state index in [-0.39, 0.29) is 110 Å². The molecule has 0 aromatic carbocycles. The van der Waals surface area contributed by atoms with Gasteiger partial charge in [0.25, 0.3) is 20.2 Å². The van der Waals surface area contributed by atoms with Gasteiger partial charge in [0.1, 0.15) is 5.25 Å². The average molecular weight is 931 g/mol. The van der Waals surface area contributed by atoms with Crippen LogP contribution in [-0.2, 0) is 48.9 Å². The minimum Gasteiger partial charge on any atom is -0.550 e. The van der Waals surface area contributed by atoms with E-state index in [4.69, 9.17) is 14.0 Å². The van der Waals surface area contributed by atoms with E-state index in [1.807, 2.05) is 0 Å². The summed E-state index contributed by atoms with van der Waals surface area (Å²) in [6.45, 7) is 16.5. The van der Waals surface area contributed by atoms with Crippen molar-refractivity contribution in [1.82, 2.24) is 0 Å². The molecular weight excluding hydrogens is 855 g/mol. The fourth-order valence-corrected chi connectivity index (χ4v) is 6.01. The molecule has 0 saturated carbocycles. The van der Waals surface area contributed by atoms with E-state index in [1.165, 1.54) is 70.6 Å². The third-order valence-corrected chi connectivity index (χ3v) is 10.3. The Labute approximate surface area is 433 Å². The van der Waals surface area contributed by atoms with E-state index in [9.17, 15) is 50.8 Å². The van der Waals surface area contributed by atoms with E-state index in [1.54, 1.807) is 0 Å². The van der Waals surface area contributed by atoms with Crippen LogP contribution in [0.2, 0.25) is 0 Å². The van der Waals surface area contributed by atoms with Gasteiger partial charge in [0.05, 0.1) is 25.6 Å². The molecule has 2 atom stereocenters. The van der Waals surface area contributed by atoms with Crippen LogP contribution >= 0.6 is 0 Å². The van der Waals surface area contributed by atoms with Gasteiger partial charge >= 0.3 is 109 Å². The molecule has 14 nitrogen and oxygen atoms in total. The van der Waals surface area contributed by atoms with Gasteiger partial charge in [0, 0.05) is 12.4 Å². The molecule has 0 aliphatic heterocycles. The van der Waals surface area contributed by atoms with Crippen molar-refractivity contribution in [3.05, 3.63) is 13.8 Å². The second-order valence-corrected chi connectivity index (χ2v) is 16.8. The van der Waals surface area contributed by atoms with Gasteiger partial charge < -0.3 is 43.1 Å². The van der Waals surface area contributed by atoms with Crippen molar-refractivity contribution >= 4 is 81.9 Å². The molecule has 0 spiro atoms. The summed E-state index contributed by atoms with van der Waals surface area (Å²) in [4.78, 5) is 43.5. The molecule has 0 aromatic rings. The number of hydrogen-bond acceptors (Lipinski definition) is 12. The number of carboxylic acids is 2. The number of carbonyl (C=O) groups excluding carboxylic acids is 4. The molecule has 0 saturated heterocycles. The van der Waals surface area contributed by atoms with Gasteiger partial charge in [-0.25, -0.2) is 0 Å². The van der Waals surface area contributed by atoms with E-state index in [2.05, 4.69) is 41.5 Å². The maximum Gasteiger partial charge on any atom is 2.00 e. The number of rotatable bonds is 32. The zero-order chi connectivity index (χ0) is 43.7. The van der Waals surface area contributed by atoms with Crippen LogP contribution in [0.4, 0.5) is 0 Å². The first-order valence-corrected chi connectivity index (χ1v) is 23.6. The maximum absolute atomic E-state index is 12.0. The van der Waals surface area contributed by atoms with Gasteiger partial charge in [-0.05, 0) is 12.8 Å². The fraction of sp³-hybridized carbons (Fsp3) is 0.850. The normalized spacial score (nSPS) is 11.4. The Morgan fingerprint density at radius 1 is 0.508 bits per heavy atom. The summed E-state index contributed by atoms with van der Waals surface area (Å²) in [7, 11) is -9.68. The molecule has 2 unspecified atom stereocenters. The van der Waals surface area contributed by atoms with Crippen LogP contribution < -0.4 is 69.3 Å². The van der Waals surface area contributed by atoms with E-state index < -0.39 is 67.5 Å². The smallest absolute Gasteiger partial charge is 0.550 e. The topological polar surface area (TPSA) is 242 Å². The number of unbranched alkanes of at least 4 members (excludes halogenated alkanes) is 20. The molecule has 2 N–H and O–H groups in total. The molecule has 0 aromatic heterocycles. The number of esters is 2. The minimum absolute atomic E-state index is 0. The summed E-state index contributed by atoms with van der Waals surface area (Å²) in [6.07, 6.45) is 26.0. The van der Waals surface area contributed by atoms with E-state index >= 15 is 0 Å². The van der Waals surface area contributed by atoms with Crippen molar-refractivity contribution in [2.45, 2.75) is 205 Å². The van der Waals surface area contributed by atoms with Gasteiger partial charge in [0.15, 0.2) is 5.25 Å². The van der Waals surface area contributed by atoms with Crippen LogP contribution in [0.5, 0.6) is 0 Å². The molecule has 0 amide bonds. The van der Waals surface area contributed by atoms with Crippen LogP contribution in [0, 0.1) is 13.8 Å². The van der Waals surface area contributed by atoms with Gasteiger partial charge in [-0.15, -0.1) is 0 Å². The fourth-order valence-electron chi connectivity index (χ4n) is 4.76. The number of carboxylic acid groups (broad SMARTS) is 2. The molecule has 336 valence electrons. The van der Waals surface area contributed by atoms with Crippen LogP contribution in [0.3, 0.4) is 0 Å². The van der Waals surface area contributed by atoms with Crippen molar-refractivity contribution in [1.29, 1.82) is 0 Å². The second kappa shape index (κ2) is 53.3. The minimum atomic E-state index is -4.94. The maximum atomic E-state index is 12.0. The first-order chi connectivity index (χ1) is 26.4. The number of hydrogen-bond donors (Lipinski definition) is 2. The predicted octanol–water partition coefficient (Wildman–Crippen LogP) is 0.562. The van der Waals surface area contributed by atoms with Gasteiger partial charge in [0.2, 0.25) is 0 Å². The third kappa shape index (κ3) is 59.0. The Balaban J connectivity index is -0.000000143. The largest absolute Gasteiger partial charge is 2.00 e. The Morgan fingerprint density at radius 3 is 1.08 bits per heavy atom. The molecule has 0 radical (unpaired) electrons. The SMILES string of the molecule is CCCCCCCCOC(=O)CC(C(=O)OCCCCCCCC)S(=O)(=O)O.O=C([O-])CC(C(=O)[O-])S(=O)(=O)O.[CH2-]CCCCCCC.[CH2-]CCCCCCC.[Ca+2].[Na+].[Na+]. The summed E-state index contributed by atoms with van der Waals surface area (Å²) in [5.41, 5.74) is 0. The van der Waals surface area contributed by atoms with Crippen LogP contribution in [-0.4, -0.2) is 111 Å². The van der Waals surface area contributed by atoms with Gasteiger partial charge in [-0.1, -0.05) is 156 Å². The summed E-state index contributed by atoms with van der Waals surface area (Å²) in [5.74, 6) is -6.01. The number of aliphatic carboxylic acids is 2. The van der Waals surface area contributed by atoms with Gasteiger partial charge in [-0.2, -0.15) is 29.7 Å². The zero-order valence-corrected chi connectivity index (χ0v) is 45.5. The van der Waals surface area contributed by atoms with Crippen molar-refractivity contribution in [3.63, 3.8) is 0 Å². The quantitative estimate of drug-likeness (QED) is 0.0308. The first kappa shape index (κ1) is 74.3. The monoisotopic (exact) mass is 930 g/mol. The first-order valence-electron chi connectivity index (χ1n) is 20.6. The molecular formula is C40H76CaNa2O14S2. The van der Waals surface area contributed by atoms with E-state index in [0.717, 1.165) is 70.6 Å². The molecule has 0 aliphatic rings. The molecule has 0 heterocycles. The van der Waals surface area contributed by atoms with Crippen LogP contribution in [0.1, 0.15) is 195 Å². The summed E-state index contributed by atoms with van der Waals surface area (Å²) >= 11 is 0. The molecule has 59 heavy (non-hydrogen) atoms. The van der Waals surface area contributed by atoms with Crippen molar-refractivity contribution in [2.75, 3.05) is 13.2 Å². The Morgan fingerprint density at radius 2 is 0.814 bits per heavy atom. The molecule has 0 fully saturated rings. The standard InChI is InChI=1S/C20H38O7S.2C8H17.C4H6O7S.Ca.2Na/c1-3-5-7-9-11-13-15-26-19(21)17-18(28(23,24)25)20(22)27-16-14-12-10-8-6-4-2;2*1-3-5-7-8-6-4-2;5-3(6)1-2(4(7)8)12(9,10)11;;;/h18H,3-17H2,1-2H3,(H,23,24,25);2*1,3-8H2,2H3;2H,1H2,(H,5,6)(H,7,8)(H,9,10,11);;;/q;2*-1;;+2;2*+1/p-2.